The Hall–Kier alpha value is -1.38. The molecular weight excluding hydrogens is 128 g/mol. The number of carbonyl (C=O) groups excluding carboxylic acids is 1. The molecule has 2 N–H and O–H groups in total. The van der Waals surface area contributed by atoms with E-state index in [0.29, 0.717) is 0 Å². The van der Waals surface area contributed by atoms with Crippen molar-refractivity contribution in [3.05, 3.63) is 24.3 Å². The van der Waals surface area contributed by atoms with Crippen molar-refractivity contribution >= 4 is 12.1 Å². The lowest BCUT2D eigenvalue weighted by Gasteiger charge is -1.86. The molecule has 0 aliphatic heterocycles. The molecule has 3 heteroatoms. The van der Waals surface area contributed by atoms with Crippen LogP contribution in [0.4, 0.5) is 0 Å². The van der Waals surface area contributed by atoms with Gasteiger partial charge >= 0.3 is 0 Å². The van der Waals surface area contributed by atoms with Crippen molar-refractivity contribution in [3.8, 4) is 0 Å². The van der Waals surface area contributed by atoms with Gasteiger partial charge in [0.1, 0.15) is 0 Å². The van der Waals surface area contributed by atoms with Gasteiger partial charge < -0.3 is 5.73 Å². The summed E-state index contributed by atoms with van der Waals surface area (Å²) in [5, 5.41) is 0. The van der Waals surface area contributed by atoms with Crippen molar-refractivity contribution < 1.29 is 4.79 Å². The van der Waals surface area contributed by atoms with Gasteiger partial charge in [0.15, 0.2) is 0 Å². The molecule has 0 radical (unpaired) electrons. The fraction of sp³-hybridized carbons (Fsp3) is 0.143. The maximum atomic E-state index is 10.3. The summed E-state index contributed by atoms with van der Waals surface area (Å²) in [5.41, 5.74) is 5.16. The maximum absolute atomic E-state index is 10.3. The summed E-state index contributed by atoms with van der Waals surface area (Å²) >= 11 is 0. The third kappa shape index (κ3) is 3.60. The first kappa shape index (κ1) is 8.62. The van der Waals surface area contributed by atoms with Gasteiger partial charge in [-0.2, -0.15) is 0 Å². The minimum atomic E-state index is -0.513. The molecule has 54 valence electrons. The Morgan fingerprint density at radius 1 is 1.70 bits per heavy atom. The number of allylic oxidation sites excluding steroid dienone is 1. The highest BCUT2D eigenvalue weighted by Crippen LogP contribution is 1.88. The molecule has 0 aromatic carbocycles. The number of primary amides is 1. The fourth-order valence-corrected chi connectivity index (χ4v) is 0.327. The van der Waals surface area contributed by atoms with Crippen LogP contribution in [0.15, 0.2) is 29.3 Å². The van der Waals surface area contributed by atoms with Gasteiger partial charge in [0, 0.05) is 18.8 Å². The Kier molecular flexibility index (Phi) is 3.87. The number of aliphatic imine (C=N–C) groups is 1. The highest BCUT2D eigenvalue weighted by molar-refractivity contribution is 5.95. The number of hydrogen-bond donors (Lipinski definition) is 1. The van der Waals surface area contributed by atoms with Gasteiger partial charge in [-0.1, -0.05) is 6.58 Å². The number of hydrogen-bond acceptors (Lipinski definition) is 2. The summed E-state index contributed by atoms with van der Waals surface area (Å²) in [6, 6.07) is 0. The van der Waals surface area contributed by atoms with Crippen LogP contribution >= 0.6 is 0 Å². The Bertz CT molecular complexity index is 192. The molecule has 10 heavy (non-hydrogen) atoms. The minimum Gasteiger partial charge on any atom is -0.366 e. The molecule has 0 atom stereocenters. The standard InChI is InChI=1S/C7H10N2O/c1-6(7(8)10)4-3-5-9-2/h3-5H,1H2,2H3,(H2,8,10)/b4-3-,9-5-. The van der Waals surface area contributed by atoms with Crippen molar-refractivity contribution in [2.24, 2.45) is 10.7 Å². The SMILES string of the molecule is C=C(/C=C\C=N/C)C(N)=O. The van der Waals surface area contributed by atoms with Crippen LogP contribution in [0.5, 0.6) is 0 Å². The molecule has 0 saturated carbocycles. The Morgan fingerprint density at radius 2 is 2.30 bits per heavy atom. The van der Waals surface area contributed by atoms with E-state index >= 15 is 0 Å². The summed E-state index contributed by atoms with van der Waals surface area (Å²) in [7, 11) is 1.64. The smallest absolute Gasteiger partial charge is 0.248 e. The number of nitrogens with zero attached hydrogens (tertiary/aromatic N) is 1. The van der Waals surface area contributed by atoms with Crippen molar-refractivity contribution in [1.29, 1.82) is 0 Å². The highest BCUT2D eigenvalue weighted by atomic mass is 16.1. The summed E-state index contributed by atoms with van der Waals surface area (Å²) in [6.45, 7) is 3.40. The van der Waals surface area contributed by atoms with Gasteiger partial charge in [-0.05, 0) is 12.2 Å². The molecule has 0 unspecified atom stereocenters. The van der Waals surface area contributed by atoms with Crippen molar-refractivity contribution in [2.45, 2.75) is 0 Å². The predicted molar refractivity (Wildman–Crippen MR) is 41.9 cm³/mol. The van der Waals surface area contributed by atoms with E-state index in [9.17, 15) is 4.79 Å². The number of rotatable bonds is 3. The van der Waals surface area contributed by atoms with Gasteiger partial charge in [-0.15, -0.1) is 0 Å². The Morgan fingerprint density at radius 3 is 2.70 bits per heavy atom. The fourth-order valence-electron chi connectivity index (χ4n) is 0.327. The molecule has 0 heterocycles. The number of carbonyl (C=O) groups is 1. The van der Waals surface area contributed by atoms with Gasteiger partial charge in [0.25, 0.3) is 0 Å². The van der Waals surface area contributed by atoms with E-state index in [0.717, 1.165) is 0 Å². The monoisotopic (exact) mass is 138 g/mol. The second-order valence-electron chi connectivity index (χ2n) is 1.66. The first-order valence-corrected chi connectivity index (χ1v) is 2.76. The predicted octanol–water partition coefficient (Wildman–Crippen LogP) is 0.285. The van der Waals surface area contributed by atoms with Crippen LogP contribution in [0.2, 0.25) is 0 Å². The van der Waals surface area contributed by atoms with E-state index in [4.69, 9.17) is 5.73 Å². The first-order valence-electron chi connectivity index (χ1n) is 2.76. The lowest BCUT2D eigenvalue weighted by atomic mass is 10.3. The normalized spacial score (nSPS) is 10.9. The number of amides is 1. The summed E-state index contributed by atoms with van der Waals surface area (Å²) in [5.74, 6) is -0.513. The molecule has 0 aliphatic rings. The topological polar surface area (TPSA) is 55.4 Å². The van der Waals surface area contributed by atoms with Gasteiger partial charge in [0.2, 0.25) is 5.91 Å². The van der Waals surface area contributed by atoms with E-state index in [1.807, 2.05) is 0 Å². The highest BCUT2D eigenvalue weighted by Gasteiger charge is 1.92. The van der Waals surface area contributed by atoms with E-state index in [-0.39, 0.29) is 5.57 Å². The van der Waals surface area contributed by atoms with Crippen LogP contribution in [0, 0.1) is 0 Å². The second-order valence-corrected chi connectivity index (χ2v) is 1.66. The van der Waals surface area contributed by atoms with E-state index in [2.05, 4.69) is 11.6 Å². The van der Waals surface area contributed by atoms with Gasteiger partial charge in [-0.3, -0.25) is 9.79 Å². The maximum Gasteiger partial charge on any atom is 0.248 e. The molecule has 0 aromatic heterocycles. The minimum absolute atomic E-state index is 0.278. The van der Waals surface area contributed by atoms with Crippen LogP contribution in [-0.2, 0) is 4.79 Å². The van der Waals surface area contributed by atoms with Crippen LogP contribution in [0.1, 0.15) is 0 Å². The lowest BCUT2D eigenvalue weighted by Crippen LogP contribution is -2.11. The molecule has 0 aliphatic carbocycles. The molecule has 0 fully saturated rings. The van der Waals surface area contributed by atoms with Crippen LogP contribution in [-0.4, -0.2) is 19.2 Å². The van der Waals surface area contributed by atoms with Crippen molar-refractivity contribution in [2.75, 3.05) is 7.05 Å². The Balaban J connectivity index is 3.90. The van der Waals surface area contributed by atoms with E-state index in [1.54, 1.807) is 19.3 Å². The summed E-state index contributed by atoms with van der Waals surface area (Å²) in [6.07, 6.45) is 4.66. The largest absolute Gasteiger partial charge is 0.366 e. The zero-order chi connectivity index (χ0) is 7.98. The zero-order valence-corrected chi connectivity index (χ0v) is 5.87. The van der Waals surface area contributed by atoms with Crippen LogP contribution in [0.25, 0.3) is 0 Å². The molecule has 3 nitrogen and oxygen atoms in total. The molecule has 0 bridgehead atoms. The molecule has 0 spiro atoms. The molecular formula is C7H10N2O. The lowest BCUT2D eigenvalue weighted by molar-refractivity contribution is -0.114. The summed E-state index contributed by atoms with van der Waals surface area (Å²) in [4.78, 5) is 14.0. The van der Waals surface area contributed by atoms with Crippen molar-refractivity contribution in [1.82, 2.24) is 0 Å². The number of nitrogens with two attached hydrogens (primary N) is 1. The van der Waals surface area contributed by atoms with Gasteiger partial charge in [-0.25, -0.2) is 0 Å². The van der Waals surface area contributed by atoms with Crippen molar-refractivity contribution in [3.63, 3.8) is 0 Å². The van der Waals surface area contributed by atoms with E-state index < -0.39 is 5.91 Å². The zero-order valence-electron chi connectivity index (χ0n) is 5.87. The molecule has 0 rings (SSSR count). The Labute approximate surface area is 59.9 Å². The second kappa shape index (κ2) is 4.49. The third-order valence-electron chi connectivity index (χ3n) is 0.849. The molecule has 1 amide bonds. The average Bonchev–Trinajstić information content (AvgIpc) is 1.88. The average molecular weight is 138 g/mol. The van der Waals surface area contributed by atoms with E-state index in [1.165, 1.54) is 6.08 Å². The first-order chi connectivity index (χ1) is 4.68. The van der Waals surface area contributed by atoms with Crippen LogP contribution in [0.3, 0.4) is 0 Å². The van der Waals surface area contributed by atoms with Crippen LogP contribution < -0.4 is 5.73 Å². The van der Waals surface area contributed by atoms with Gasteiger partial charge in [0.05, 0.1) is 0 Å². The summed E-state index contributed by atoms with van der Waals surface area (Å²) < 4.78 is 0. The quantitative estimate of drug-likeness (QED) is 0.340. The molecule has 0 saturated heterocycles. The molecule has 0 aromatic rings. The third-order valence-corrected chi connectivity index (χ3v) is 0.849.